The average Bonchev–Trinajstić information content (AvgIpc) is 3.09. The molecule has 0 radical (unpaired) electrons. The molecule has 22 heavy (non-hydrogen) atoms. The van der Waals surface area contributed by atoms with Crippen LogP contribution in [-0.4, -0.2) is 35.2 Å². The number of nitrogens with one attached hydrogen (secondary N) is 1. The van der Waals surface area contributed by atoms with Crippen LogP contribution in [0.4, 0.5) is 0 Å². The lowest BCUT2D eigenvalue weighted by molar-refractivity contribution is 0.00308. The first-order valence-electron chi connectivity index (χ1n) is 6.25. The summed E-state index contributed by atoms with van der Waals surface area (Å²) in [6.07, 6.45) is 3.33. The van der Waals surface area contributed by atoms with Gasteiger partial charge in [-0.3, -0.25) is 9.48 Å². The predicted molar refractivity (Wildman–Crippen MR) is 77.6 cm³/mol. The highest BCUT2D eigenvalue weighted by molar-refractivity contribution is 9.10. The third-order valence-electron chi connectivity index (χ3n) is 2.87. The van der Waals surface area contributed by atoms with Gasteiger partial charge in [0.1, 0.15) is 5.69 Å². The normalized spacial score (nSPS) is 14.0. The Hall–Kier alpha value is -2.33. The Balaban J connectivity index is 1.85. The van der Waals surface area contributed by atoms with Crippen molar-refractivity contribution in [3.63, 3.8) is 0 Å². The first-order chi connectivity index (χ1) is 10.4. The van der Waals surface area contributed by atoms with Crippen LogP contribution in [0.5, 0.6) is 0 Å². The first-order valence-corrected chi connectivity index (χ1v) is 7.04. The monoisotopic (exact) mass is 366 g/mol. The maximum Gasteiger partial charge on any atom is 0.264 e. The summed E-state index contributed by atoms with van der Waals surface area (Å²) >= 11 is 3.28. The summed E-state index contributed by atoms with van der Waals surface area (Å²) in [4.78, 5) is 15.1. The number of H-pyrrole nitrogens is 1. The van der Waals surface area contributed by atoms with Gasteiger partial charge in [-0.2, -0.15) is 15.2 Å². The molecule has 10 heteroatoms. The highest BCUT2D eigenvalue weighted by atomic mass is 79.9. The van der Waals surface area contributed by atoms with E-state index in [1.807, 2.05) is 0 Å². The lowest BCUT2D eigenvalue weighted by atomic mass is 10.1. The molecule has 0 spiro atoms. The average molecular weight is 367 g/mol. The Morgan fingerprint density at radius 3 is 2.95 bits per heavy atom. The van der Waals surface area contributed by atoms with Gasteiger partial charge in [-0.1, -0.05) is 5.16 Å². The number of hydrogen-bond donors (Lipinski definition) is 2. The molecule has 1 unspecified atom stereocenters. The molecule has 3 rings (SSSR count). The molecule has 3 aromatic rings. The molecular weight excluding hydrogens is 356 g/mol. The zero-order chi connectivity index (χ0) is 15.7. The molecule has 0 saturated heterocycles. The second kappa shape index (κ2) is 5.46. The lowest BCUT2D eigenvalue weighted by Crippen LogP contribution is -2.28. The third kappa shape index (κ3) is 2.97. The van der Waals surface area contributed by atoms with Crippen LogP contribution in [0, 0.1) is 0 Å². The van der Waals surface area contributed by atoms with Crippen molar-refractivity contribution in [2.45, 2.75) is 19.1 Å². The van der Waals surface area contributed by atoms with Gasteiger partial charge in [-0.15, -0.1) is 0 Å². The van der Waals surface area contributed by atoms with E-state index >= 15 is 0 Å². The molecule has 114 valence electrons. The summed E-state index contributed by atoms with van der Waals surface area (Å²) in [6.45, 7) is 1.68. The van der Waals surface area contributed by atoms with Crippen molar-refractivity contribution in [3.05, 3.63) is 45.2 Å². The van der Waals surface area contributed by atoms with Crippen molar-refractivity contribution < 1.29 is 9.63 Å². The van der Waals surface area contributed by atoms with Gasteiger partial charge in [-0.05, 0) is 28.9 Å². The maximum atomic E-state index is 11.0. The number of aromatic amines is 1. The minimum absolute atomic E-state index is 0.0297. The zero-order valence-electron chi connectivity index (χ0n) is 11.4. The third-order valence-corrected chi connectivity index (χ3v) is 3.28. The number of hydrogen-bond acceptors (Lipinski definition) is 7. The van der Waals surface area contributed by atoms with E-state index in [9.17, 15) is 9.90 Å². The molecule has 0 aliphatic rings. The van der Waals surface area contributed by atoms with Crippen LogP contribution in [0.2, 0.25) is 0 Å². The Labute approximate surface area is 132 Å². The molecule has 3 heterocycles. The first kappa shape index (κ1) is 14.6. The van der Waals surface area contributed by atoms with Gasteiger partial charge < -0.3 is 9.63 Å². The predicted octanol–water partition coefficient (Wildman–Crippen LogP) is 0.687. The molecule has 0 aliphatic carbocycles. The summed E-state index contributed by atoms with van der Waals surface area (Å²) in [5.41, 5.74) is -1.39. The zero-order valence-corrected chi connectivity index (χ0v) is 13.0. The van der Waals surface area contributed by atoms with Gasteiger partial charge in [0.05, 0.1) is 17.2 Å². The molecule has 2 N–H and O–H groups in total. The topological polar surface area (TPSA) is 123 Å². The van der Waals surface area contributed by atoms with Gasteiger partial charge in [0.25, 0.3) is 11.4 Å². The molecule has 0 fully saturated rings. The molecule has 0 saturated carbocycles. The van der Waals surface area contributed by atoms with E-state index in [2.05, 4.69) is 41.4 Å². The standard InChI is InChI=1S/C12H11BrN6O3/c1-12(21,6-19-5-7(13)4-14-19)11-15-10(18-22-11)8-2-3-9(20)17-16-8/h2-5,21H,6H2,1H3,(H,17,20). The van der Waals surface area contributed by atoms with Crippen molar-refractivity contribution in [2.24, 2.45) is 0 Å². The van der Waals surface area contributed by atoms with Crippen LogP contribution < -0.4 is 5.56 Å². The van der Waals surface area contributed by atoms with Gasteiger partial charge in [0, 0.05) is 12.3 Å². The SMILES string of the molecule is CC(O)(Cn1cc(Br)cn1)c1nc(-c2ccc(=O)[nH]n2)no1. The number of rotatable bonds is 4. The second-order valence-corrected chi connectivity index (χ2v) is 5.78. The van der Waals surface area contributed by atoms with Gasteiger partial charge in [0.2, 0.25) is 5.82 Å². The van der Waals surface area contributed by atoms with Crippen molar-refractivity contribution >= 4 is 15.9 Å². The highest BCUT2D eigenvalue weighted by Crippen LogP contribution is 2.23. The summed E-state index contributed by atoms with van der Waals surface area (Å²) in [7, 11) is 0. The smallest absolute Gasteiger partial charge is 0.264 e. The molecule has 0 aliphatic heterocycles. The van der Waals surface area contributed by atoms with Crippen LogP contribution in [0.15, 0.2) is 38.3 Å². The van der Waals surface area contributed by atoms with Crippen LogP contribution in [0.1, 0.15) is 12.8 Å². The minimum Gasteiger partial charge on any atom is -0.378 e. The summed E-state index contributed by atoms with van der Waals surface area (Å²) < 4.78 is 7.44. The van der Waals surface area contributed by atoms with Crippen LogP contribution in [0.25, 0.3) is 11.5 Å². The summed E-state index contributed by atoms with van der Waals surface area (Å²) in [6, 6.07) is 2.77. The summed E-state index contributed by atoms with van der Waals surface area (Å²) in [5.74, 6) is 0.204. The fourth-order valence-corrected chi connectivity index (χ4v) is 2.15. The van der Waals surface area contributed by atoms with Crippen LogP contribution in [-0.2, 0) is 12.1 Å². The molecule has 9 nitrogen and oxygen atoms in total. The molecule has 1 atom stereocenters. The van der Waals surface area contributed by atoms with Crippen molar-refractivity contribution in [3.8, 4) is 11.5 Å². The van der Waals surface area contributed by atoms with E-state index in [1.165, 1.54) is 12.1 Å². The fourth-order valence-electron chi connectivity index (χ4n) is 1.82. The van der Waals surface area contributed by atoms with Crippen LogP contribution >= 0.6 is 15.9 Å². The molecular formula is C12H11BrN6O3. The Bertz CT molecular complexity index is 832. The van der Waals surface area contributed by atoms with Crippen molar-refractivity contribution in [1.82, 2.24) is 30.1 Å². The molecule has 3 aromatic heterocycles. The summed E-state index contributed by atoms with van der Waals surface area (Å²) in [5, 5.41) is 24.4. The Kier molecular flexibility index (Phi) is 3.62. The van der Waals surface area contributed by atoms with E-state index < -0.39 is 5.60 Å². The maximum absolute atomic E-state index is 11.0. The van der Waals surface area contributed by atoms with E-state index in [0.717, 1.165) is 4.47 Å². The molecule has 0 bridgehead atoms. The number of halogens is 1. The van der Waals surface area contributed by atoms with Crippen molar-refractivity contribution in [1.29, 1.82) is 0 Å². The van der Waals surface area contributed by atoms with Gasteiger partial charge in [0.15, 0.2) is 5.60 Å². The van der Waals surface area contributed by atoms with E-state index in [-0.39, 0.29) is 23.8 Å². The van der Waals surface area contributed by atoms with Gasteiger partial charge >= 0.3 is 0 Å². The Morgan fingerprint density at radius 1 is 1.50 bits per heavy atom. The van der Waals surface area contributed by atoms with E-state index in [0.29, 0.717) is 5.69 Å². The largest absolute Gasteiger partial charge is 0.378 e. The quantitative estimate of drug-likeness (QED) is 0.695. The fraction of sp³-hybridized carbons (Fsp3) is 0.250. The van der Waals surface area contributed by atoms with E-state index in [1.54, 1.807) is 24.0 Å². The molecule has 0 amide bonds. The lowest BCUT2D eigenvalue weighted by Gasteiger charge is -2.18. The number of aliphatic hydroxyl groups is 1. The Morgan fingerprint density at radius 2 is 2.32 bits per heavy atom. The minimum atomic E-state index is -1.40. The van der Waals surface area contributed by atoms with Gasteiger partial charge in [-0.25, -0.2) is 5.10 Å². The van der Waals surface area contributed by atoms with E-state index in [4.69, 9.17) is 4.52 Å². The number of nitrogens with zero attached hydrogens (tertiary/aromatic N) is 5. The van der Waals surface area contributed by atoms with Crippen LogP contribution in [0.3, 0.4) is 0 Å². The number of aromatic nitrogens is 6. The highest BCUT2D eigenvalue weighted by Gasteiger charge is 2.31. The van der Waals surface area contributed by atoms with Crippen molar-refractivity contribution in [2.75, 3.05) is 0 Å². The molecule has 0 aromatic carbocycles. The second-order valence-electron chi connectivity index (χ2n) is 4.86.